The summed E-state index contributed by atoms with van der Waals surface area (Å²) < 4.78 is 88.5. The van der Waals surface area contributed by atoms with Gasteiger partial charge in [-0.2, -0.15) is 9.10 Å². The van der Waals surface area contributed by atoms with Crippen LogP contribution < -0.4 is 30.4 Å². The number of nitrogens with two attached hydrogens (primary N) is 2. The topological polar surface area (TPSA) is 266 Å². The van der Waals surface area contributed by atoms with Crippen molar-refractivity contribution in [2.45, 2.75) is 68.9 Å². The predicted molar refractivity (Wildman–Crippen MR) is 259 cm³/mol. The molecule has 5 aromatic carbocycles. The molecule has 0 aliphatic rings. The molecule has 7 aromatic rings. The van der Waals surface area contributed by atoms with E-state index in [1.54, 1.807) is 101 Å². The Balaban J connectivity index is 1.54. The Kier molecular flexibility index (Phi) is 15.3. The van der Waals surface area contributed by atoms with E-state index in [1.807, 2.05) is 18.2 Å². The molecular formula is C47H53N9O10S3. The van der Waals surface area contributed by atoms with Crippen LogP contribution in [-0.2, 0) is 51.0 Å². The number of rotatable bonds is 20. The smallest absolute Gasteiger partial charge is 0.404 e. The first-order chi connectivity index (χ1) is 32.8. The lowest BCUT2D eigenvalue weighted by Gasteiger charge is -2.35. The van der Waals surface area contributed by atoms with Gasteiger partial charge >= 0.3 is 6.09 Å². The van der Waals surface area contributed by atoms with Crippen molar-refractivity contribution in [2.24, 2.45) is 16.9 Å². The summed E-state index contributed by atoms with van der Waals surface area (Å²) in [5.74, 6) is 1.47. The summed E-state index contributed by atoms with van der Waals surface area (Å²) in [6, 6.07) is 27.4. The highest BCUT2D eigenvalue weighted by atomic mass is 32.2. The van der Waals surface area contributed by atoms with Gasteiger partial charge in [-0.3, -0.25) is 0 Å². The van der Waals surface area contributed by atoms with E-state index in [0.29, 0.717) is 44.5 Å². The Morgan fingerprint density at radius 1 is 0.812 bits per heavy atom. The molecule has 0 radical (unpaired) electrons. The number of ether oxygens (including phenoxy) is 4. The van der Waals surface area contributed by atoms with Crippen LogP contribution in [0.15, 0.2) is 113 Å². The molecular weight excluding hydrogens is 947 g/mol. The summed E-state index contributed by atoms with van der Waals surface area (Å²) in [5.41, 5.74) is 13.0. The highest BCUT2D eigenvalue weighted by molar-refractivity contribution is 7.92. The summed E-state index contributed by atoms with van der Waals surface area (Å²) in [6.45, 7) is 4.02. The number of para-hydroxylation sites is 1. The molecule has 2 heterocycles. The van der Waals surface area contributed by atoms with Gasteiger partial charge in [0.15, 0.2) is 0 Å². The maximum atomic E-state index is 16.2. The third-order valence-corrected chi connectivity index (χ3v) is 15.7. The van der Waals surface area contributed by atoms with Gasteiger partial charge in [0, 0.05) is 25.2 Å². The third-order valence-electron chi connectivity index (χ3n) is 11.1. The van der Waals surface area contributed by atoms with Crippen molar-refractivity contribution >= 4 is 47.7 Å². The summed E-state index contributed by atoms with van der Waals surface area (Å²) in [7, 11) is -5.47. The van der Waals surface area contributed by atoms with E-state index in [1.165, 1.54) is 42.5 Å². The SMILES string of the molecule is COc1ccc(CN(Cc2ccc(OC)cc2)S(=O)(=O)c2c(S(=O)(=O)NC([C@@H](O)COC(N)=O)C(C)(C)C)ccc(-c3cccc4sc(CN)nc34)c2-c2nnn(Cc3ccc(OC)cc3)n2)cc1. The molecule has 0 fully saturated rings. The molecule has 0 aliphatic heterocycles. The first-order valence-electron chi connectivity index (χ1n) is 21.4. The van der Waals surface area contributed by atoms with Crippen LogP contribution in [0.1, 0.15) is 42.5 Å². The number of nitrogens with one attached hydrogen (secondary N) is 1. The quantitative estimate of drug-likeness (QED) is 0.0715. The number of methoxy groups -OCH3 is 3. The fraction of sp³-hybridized carbons (Fsp3) is 0.298. The molecule has 19 nitrogen and oxygen atoms in total. The van der Waals surface area contributed by atoms with Crippen LogP contribution >= 0.6 is 11.3 Å². The second kappa shape index (κ2) is 21.0. The molecule has 1 amide bonds. The third kappa shape index (κ3) is 11.5. The van der Waals surface area contributed by atoms with Crippen molar-refractivity contribution in [2.75, 3.05) is 27.9 Å². The van der Waals surface area contributed by atoms with E-state index in [4.69, 9.17) is 40.5 Å². The van der Waals surface area contributed by atoms with Crippen molar-refractivity contribution in [1.29, 1.82) is 0 Å². The minimum Gasteiger partial charge on any atom is -0.497 e. The summed E-state index contributed by atoms with van der Waals surface area (Å²) in [6.07, 6.45) is -2.82. The zero-order valence-corrected chi connectivity index (χ0v) is 41.1. The van der Waals surface area contributed by atoms with Gasteiger partial charge in [-0.15, -0.1) is 21.5 Å². The lowest BCUT2D eigenvalue weighted by atomic mass is 9.84. The van der Waals surface area contributed by atoms with Gasteiger partial charge in [-0.1, -0.05) is 75.4 Å². The van der Waals surface area contributed by atoms with E-state index in [0.717, 1.165) is 14.6 Å². The largest absolute Gasteiger partial charge is 0.497 e. The second-order valence-corrected chi connectivity index (χ2v) is 21.6. The van der Waals surface area contributed by atoms with Gasteiger partial charge in [0.05, 0.1) is 49.7 Å². The molecule has 2 atom stereocenters. The number of amides is 1. The fourth-order valence-electron chi connectivity index (χ4n) is 7.63. The standard InChI is InChI=1S/C47H53N9O10S3/c1-47(2,3)44(37(57)28-66-46(49)58)53-68(59,60)39-23-22-35(36-8-7-9-38-42(36)50-40(24-48)67-38)41(45-51-54-56(52-45)27-31-14-20-34(65-6)21-15-31)43(39)69(61,62)55(25-29-10-16-32(63-4)17-11-29)26-30-12-18-33(64-5)19-13-30/h7-23,37,44,53,57H,24-28,48H2,1-6H3,(H2,49,58)/t37-,44?/m0/s1. The number of benzene rings is 5. The number of aromatic nitrogens is 5. The van der Waals surface area contributed by atoms with Gasteiger partial charge < -0.3 is 35.5 Å². The minimum atomic E-state index is -5.04. The van der Waals surface area contributed by atoms with Crippen molar-refractivity contribution in [1.82, 2.24) is 34.2 Å². The van der Waals surface area contributed by atoms with Gasteiger partial charge in [-0.25, -0.2) is 31.3 Å². The predicted octanol–water partition coefficient (Wildman–Crippen LogP) is 5.69. The molecule has 0 spiro atoms. The molecule has 1 unspecified atom stereocenters. The Labute approximate surface area is 404 Å². The maximum Gasteiger partial charge on any atom is 0.404 e. The number of nitrogens with zero attached hydrogens (tertiary/aromatic N) is 6. The Morgan fingerprint density at radius 3 is 1.90 bits per heavy atom. The molecule has 69 heavy (non-hydrogen) atoms. The van der Waals surface area contributed by atoms with Crippen LogP contribution in [0.5, 0.6) is 17.2 Å². The van der Waals surface area contributed by atoms with E-state index in [9.17, 15) is 9.90 Å². The van der Waals surface area contributed by atoms with Crippen molar-refractivity contribution in [3.05, 3.63) is 125 Å². The highest BCUT2D eigenvalue weighted by Gasteiger charge is 2.41. The van der Waals surface area contributed by atoms with E-state index < -0.39 is 60.1 Å². The molecule has 364 valence electrons. The number of tetrazole rings is 1. The Hall–Kier alpha value is -6.53. The number of hydrogen-bond acceptors (Lipinski definition) is 16. The van der Waals surface area contributed by atoms with Gasteiger partial charge in [0.1, 0.15) is 44.8 Å². The van der Waals surface area contributed by atoms with Crippen LogP contribution in [0.25, 0.3) is 32.7 Å². The zero-order valence-electron chi connectivity index (χ0n) is 38.7. The number of fused-ring (bicyclic) bond motifs is 1. The first kappa shape index (κ1) is 50.3. The summed E-state index contributed by atoms with van der Waals surface area (Å²) in [5, 5.41) is 25.5. The summed E-state index contributed by atoms with van der Waals surface area (Å²) in [4.78, 5) is 16.3. The van der Waals surface area contributed by atoms with Gasteiger partial charge in [0.25, 0.3) is 0 Å². The molecule has 0 aliphatic carbocycles. The molecule has 6 N–H and O–H groups in total. The van der Waals surface area contributed by atoms with Crippen molar-refractivity contribution < 1.29 is 45.7 Å². The number of aliphatic hydroxyl groups is 1. The number of primary amides is 1. The van der Waals surface area contributed by atoms with Crippen LogP contribution in [0, 0.1) is 5.41 Å². The van der Waals surface area contributed by atoms with E-state index in [2.05, 4.69) is 15.0 Å². The van der Waals surface area contributed by atoms with Crippen LogP contribution in [0.2, 0.25) is 0 Å². The number of aliphatic hydroxyl groups excluding tert-OH is 1. The average molecular weight is 1000 g/mol. The molecule has 0 bridgehead atoms. The monoisotopic (exact) mass is 999 g/mol. The fourth-order valence-corrected chi connectivity index (χ4v) is 12.4. The molecule has 7 rings (SSSR count). The second-order valence-electron chi connectivity index (χ2n) is 16.9. The van der Waals surface area contributed by atoms with Gasteiger partial charge in [-0.05, 0) is 81.4 Å². The first-order valence-corrected chi connectivity index (χ1v) is 25.1. The molecule has 0 saturated heterocycles. The van der Waals surface area contributed by atoms with Crippen LogP contribution in [0.4, 0.5) is 4.79 Å². The molecule has 2 aromatic heterocycles. The van der Waals surface area contributed by atoms with E-state index in [-0.39, 0.29) is 43.1 Å². The number of thiazole rings is 1. The van der Waals surface area contributed by atoms with Crippen LogP contribution in [-0.4, -0.2) is 97.6 Å². The maximum absolute atomic E-state index is 16.2. The lowest BCUT2D eigenvalue weighted by molar-refractivity contribution is 0.0253. The van der Waals surface area contributed by atoms with Gasteiger partial charge in [0.2, 0.25) is 25.9 Å². The number of sulfonamides is 2. The van der Waals surface area contributed by atoms with E-state index >= 15 is 16.8 Å². The number of carbonyl (C=O) groups excluding carboxylic acids is 1. The zero-order chi connectivity index (χ0) is 49.7. The number of carbonyl (C=O) groups is 1. The lowest BCUT2D eigenvalue weighted by Crippen LogP contribution is -2.53. The molecule has 0 saturated carbocycles. The Bertz CT molecular complexity index is 3090. The number of hydrogen-bond donors (Lipinski definition) is 4. The normalized spacial score (nSPS) is 13.1. The summed E-state index contributed by atoms with van der Waals surface area (Å²) >= 11 is 1.36. The van der Waals surface area contributed by atoms with Crippen LogP contribution in [0.3, 0.4) is 0 Å². The van der Waals surface area contributed by atoms with Crippen molar-refractivity contribution in [3.8, 4) is 39.8 Å². The minimum absolute atomic E-state index is 0.0923. The average Bonchev–Trinajstić information content (AvgIpc) is 3.99. The molecule has 22 heteroatoms. The highest BCUT2D eigenvalue weighted by Crippen LogP contribution is 2.44. The Morgan fingerprint density at radius 2 is 1.38 bits per heavy atom. The van der Waals surface area contributed by atoms with Crippen molar-refractivity contribution in [3.63, 3.8) is 0 Å².